The number of carbonyl (C=O) groups excluding carboxylic acids is 3. The van der Waals surface area contributed by atoms with E-state index >= 15 is 0 Å². The average Bonchev–Trinajstić information content (AvgIpc) is 3.34. The quantitative estimate of drug-likeness (QED) is 0.107. The largest absolute Gasteiger partial charge is 0.478 e. The Labute approximate surface area is 197 Å². The van der Waals surface area contributed by atoms with E-state index in [0.717, 1.165) is 19.3 Å². The summed E-state index contributed by atoms with van der Waals surface area (Å²) in [5.74, 6) is -2.50. The lowest BCUT2D eigenvalue weighted by Gasteiger charge is -2.29. The fraction of sp³-hybridized carbons (Fsp3) is 0.435. The van der Waals surface area contributed by atoms with E-state index < -0.39 is 23.8 Å². The van der Waals surface area contributed by atoms with Crippen LogP contribution in [0.3, 0.4) is 0 Å². The van der Waals surface area contributed by atoms with Crippen LogP contribution in [0.2, 0.25) is 0 Å². The van der Waals surface area contributed by atoms with Crippen LogP contribution in [0.15, 0.2) is 35.0 Å². The molecule has 0 aromatic carbocycles. The van der Waals surface area contributed by atoms with Crippen LogP contribution in [0, 0.1) is 5.92 Å². The van der Waals surface area contributed by atoms with Gasteiger partial charge in [0.15, 0.2) is 5.76 Å². The fourth-order valence-corrected chi connectivity index (χ4v) is 3.58. The van der Waals surface area contributed by atoms with E-state index in [2.05, 4.69) is 15.6 Å². The molecule has 184 valence electrons. The summed E-state index contributed by atoms with van der Waals surface area (Å²) in [5, 5.41) is 24.6. The van der Waals surface area contributed by atoms with E-state index in [1.165, 1.54) is 30.6 Å². The number of hydroxylamine groups is 2. The van der Waals surface area contributed by atoms with Gasteiger partial charge in [0.2, 0.25) is 12.3 Å². The molecule has 2 aromatic rings. The lowest BCUT2D eigenvalue weighted by atomic mass is 9.90. The highest BCUT2D eigenvalue weighted by Crippen LogP contribution is 2.23. The van der Waals surface area contributed by atoms with Crippen LogP contribution in [0.1, 0.15) is 66.9 Å². The van der Waals surface area contributed by atoms with Crippen molar-refractivity contribution in [3.63, 3.8) is 0 Å². The first-order chi connectivity index (χ1) is 16.3. The minimum Gasteiger partial charge on any atom is -0.478 e. The van der Waals surface area contributed by atoms with Crippen LogP contribution in [-0.4, -0.2) is 57.3 Å². The maximum atomic E-state index is 12.8. The Kier molecular flexibility index (Phi) is 10.2. The van der Waals surface area contributed by atoms with Crippen LogP contribution >= 0.6 is 0 Å². The summed E-state index contributed by atoms with van der Waals surface area (Å²) in [7, 11) is 0. The third-order valence-corrected chi connectivity index (χ3v) is 5.40. The molecule has 0 bridgehead atoms. The molecule has 0 aliphatic rings. The van der Waals surface area contributed by atoms with E-state index in [1.807, 2.05) is 6.92 Å². The van der Waals surface area contributed by atoms with Crippen LogP contribution < -0.4 is 10.6 Å². The van der Waals surface area contributed by atoms with Gasteiger partial charge in [-0.25, -0.2) is 9.86 Å². The number of carbonyl (C=O) groups is 4. The van der Waals surface area contributed by atoms with Gasteiger partial charge in [0, 0.05) is 18.0 Å². The number of carboxylic acids is 1. The van der Waals surface area contributed by atoms with E-state index in [0.29, 0.717) is 23.5 Å². The first kappa shape index (κ1) is 26.5. The Morgan fingerprint density at radius 1 is 1.18 bits per heavy atom. The standard InChI is InChI=1S/C23H30N4O7/c1-3-5-6-7-17(18(4-2)27(33)14-28)21(29)25-13-26-22(30)20-9-8-19(34-20)15-10-16(23(31)32)12-24-11-15/h8-12,14,17-18,33H,3-7,13H2,1-2H3,(H,25,29)(H,26,30)(H,31,32)/t17-,18-/m1/s1. The number of hydrogen-bond acceptors (Lipinski definition) is 7. The van der Waals surface area contributed by atoms with E-state index in [9.17, 15) is 24.4 Å². The molecule has 0 saturated carbocycles. The van der Waals surface area contributed by atoms with Crippen molar-refractivity contribution in [1.82, 2.24) is 20.7 Å². The number of carboxylic acid groups (broad SMARTS) is 1. The summed E-state index contributed by atoms with van der Waals surface area (Å²) in [6.07, 6.45) is 6.41. The van der Waals surface area contributed by atoms with Crippen molar-refractivity contribution >= 4 is 24.2 Å². The summed E-state index contributed by atoms with van der Waals surface area (Å²) < 4.78 is 5.50. The van der Waals surface area contributed by atoms with Crippen molar-refractivity contribution < 1.29 is 33.9 Å². The van der Waals surface area contributed by atoms with Gasteiger partial charge in [0.25, 0.3) is 5.91 Å². The summed E-state index contributed by atoms with van der Waals surface area (Å²) in [4.78, 5) is 51.2. The van der Waals surface area contributed by atoms with Crippen LogP contribution in [-0.2, 0) is 9.59 Å². The number of unbranched alkanes of at least 4 members (excludes halogenated alkanes) is 2. The molecule has 2 heterocycles. The third kappa shape index (κ3) is 7.14. The number of pyridine rings is 1. The van der Waals surface area contributed by atoms with Gasteiger partial charge in [-0.15, -0.1) is 0 Å². The number of hydrogen-bond donors (Lipinski definition) is 4. The predicted octanol–water partition coefficient (Wildman–Crippen LogP) is 2.67. The maximum Gasteiger partial charge on any atom is 0.337 e. The second-order valence-corrected chi connectivity index (χ2v) is 7.72. The van der Waals surface area contributed by atoms with E-state index in [-0.39, 0.29) is 36.1 Å². The Balaban J connectivity index is 1.98. The molecule has 11 heteroatoms. The van der Waals surface area contributed by atoms with Crippen molar-refractivity contribution in [3.05, 3.63) is 41.9 Å². The Morgan fingerprint density at radius 2 is 1.94 bits per heavy atom. The normalized spacial score (nSPS) is 12.4. The molecule has 0 radical (unpaired) electrons. The van der Waals surface area contributed by atoms with E-state index in [4.69, 9.17) is 9.52 Å². The van der Waals surface area contributed by atoms with Crippen LogP contribution in [0.5, 0.6) is 0 Å². The Morgan fingerprint density at radius 3 is 2.59 bits per heavy atom. The number of aromatic nitrogens is 1. The molecule has 0 aliphatic heterocycles. The minimum atomic E-state index is -1.13. The molecule has 4 N–H and O–H groups in total. The van der Waals surface area contributed by atoms with Gasteiger partial charge < -0.3 is 20.2 Å². The molecular formula is C23H30N4O7. The van der Waals surface area contributed by atoms with Crippen molar-refractivity contribution in [2.75, 3.05) is 6.67 Å². The Hall–Kier alpha value is -3.73. The number of nitrogens with zero attached hydrogens (tertiary/aromatic N) is 2. The van der Waals surface area contributed by atoms with Gasteiger partial charge >= 0.3 is 5.97 Å². The zero-order valence-electron chi connectivity index (χ0n) is 19.2. The van der Waals surface area contributed by atoms with E-state index in [1.54, 1.807) is 6.92 Å². The number of rotatable bonds is 14. The highest BCUT2D eigenvalue weighted by molar-refractivity contribution is 5.92. The molecule has 0 spiro atoms. The maximum absolute atomic E-state index is 12.8. The van der Waals surface area contributed by atoms with Gasteiger partial charge in [-0.1, -0.05) is 33.1 Å². The number of nitrogens with one attached hydrogen (secondary N) is 2. The monoisotopic (exact) mass is 474 g/mol. The fourth-order valence-electron chi connectivity index (χ4n) is 3.58. The SMILES string of the molecule is CCCCC[C@@H](C(=O)NCNC(=O)c1ccc(-c2cncc(C(=O)O)c2)o1)[C@@H](CC)N(O)C=O. The third-order valence-electron chi connectivity index (χ3n) is 5.40. The van der Waals surface area contributed by atoms with Gasteiger partial charge in [-0.3, -0.25) is 24.6 Å². The van der Waals surface area contributed by atoms with Gasteiger partial charge in [-0.05, 0) is 31.0 Å². The molecule has 3 amide bonds. The summed E-state index contributed by atoms with van der Waals surface area (Å²) in [6.45, 7) is 3.62. The molecule has 11 nitrogen and oxygen atoms in total. The second-order valence-electron chi connectivity index (χ2n) is 7.72. The molecule has 2 aromatic heterocycles. The first-order valence-corrected chi connectivity index (χ1v) is 11.1. The summed E-state index contributed by atoms with van der Waals surface area (Å²) in [6, 6.07) is 3.64. The van der Waals surface area contributed by atoms with Gasteiger partial charge in [0.05, 0.1) is 24.2 Å². The molecule has 2 rings (SSSR count). The minimum absolute atomic E-state index is 0.0162. The average molecular weight is 475 g/mol. The molecule has 34 heavy (non-hydrogen) atoms. The molecule has 2 atom stereocenters. The van der Waals surface area contributed by atoms with Gasteiger partial charge in [-0.2, -0.15) is 0 Å². The zero-order valence-corrected chi connectivity index (χ0v) is 19.2. The van der Waals surface area contributed by atoms with Gasteiger partial charge in [0.1, 0.15) is 5.76 Å². The number of aromatic carboxylic acids is 1. The zero-order chi connectivity index (χ0) is 25.1. The lowest BCUT2D eigenvalue weighted by Crippen LogP contribution is -2.47. The highest BCUT2D eigenvalue weighted by Gasteiger charge is 2.30. The predicted molar refractivity (Wildman–Crippen MR) is 121 cm³/mol. The van der Waals surface area contributed by atoms with Crippen molar-refractivity contribution in [2.45, 2.75) is 52.0 Å². The smallest absolute Gasteiger partial charge is 0.337 e. The lowest BCUT2D eigenvalue weighted by molar-refractivity contribution is -0.168. The van der Waals surface area contributed by atoms with Crippen LogP contribution in [0.25, 0.3) is 11.3 Å². The highest BCUT2D eigenvalue weighted by atomic mass is 16.5. The van der Waals surface area contributed by atoms with Crippen molar-refractivity contribution in [1.29, 1.82) is 0 Å². The Bertz CT molecular complexity index is 991. The topological polar surface area (TPSA) is 162 Å². The summed E-state index contributed by atoms with van der Waals surface area (Å²) in [5.41, 5.74) is 0.383. The molecule has 0 unspecified atom stereocenters. The molecule has 0 saturated heterocycles. The first-order valence-electron chi connectivity index (χ1n) is 11.1. The second kappa shape index (κ2) is 13.1. The summed E-state index contributed by atoms with van der Waals surface area (Å²) >= 11 is 0. The molecular weight excluding hydrogens is 444 g/mol. The molecule has 0 fully saturated rings. The van der Waals surface area contributed by atoms with Crippen molar-refractivity contribution in [2.24, 2.45) is 5.92 Å². The molecule has 0 aliphatic carbocycles. The number of furan rings is 1. The number of amides is 3. The van der Waals surface area contributed by atoms with Crippen LogP contribution in [0.4, 0.5) is 0 Å². The van der Waals surface area contributed by atoms with Crippen molar-refractivity contribution in [3.8, 4) is 11.3 Å².